The van der Waals surface area contributed by atoms with Gasteiger partial charge in [-0.15, -0.1) is 0 Å². The molecule has 2 fully saturated rings. The Kier molecular flexibility index (Phi) is 11.0. The molecule has 1 aromatic rings. The Morgan fingerprint density at radius 1 is 1.10 bits per heavy atom. The predicted octanol–water partition coefficient (Wildman–Crippen LogP) is 5.87. The Morgan fingerprint density at radius 3 is 2.46 bits per heavy atom. The molecule has 0 N–H and O–H groups in total. The summed E-state index contributed by atoms with van der Waals surface area (Å²) >= 11 is 0. The maximum Gasteiger partial charge on any atom is 0.202 e. The van der Waals surface area contributed by atoms with Crippen LogP contribution in [0.5, 0.6) is 0 Å². The first-order valence-corrected chi connectivity index (χ1v) is 15.3. The minimum absolute atomic E-state index is 0.100. The summed E-state index contributed by atoms with van der Waals surface area (Å²) in [5.41, 5.74) is 3.72. The van der Waals surface area contributed by atoms with E-state index < -0.39 is 0 Å². The highest BCUT2D eigenvalue weighted by atomic mass is 16.5. The second-order valence-electron chi connectivity index (χ2n) is 11.7. The monoisotopic (exact) mass is 532 g/mol. The second-order valence-corrected chi connectivity index (χ2v) is 11.7. The van der Waals surface area contributed by atoms with Gasteiger partial charge in [0.1, 0.15) is 19.6 Å². The molecule has 3 aliphatic rings. The molecule has 212 valence electrons. The molecule has 5 nitrogen and oxygen atoms in total. The SMILES string of the molecule is C/C=C/C(=C(/OCC=C1CCCCC1)C(=O)[C@@H](C)CCc1ccccc1)N1CCN(CC2C=[N+](C)C2C)CC1. The molecule has 2 heterocycles. The van der Waals surface area contributed by atoms with Crippen molar-refractivity contribution in [1.82, 2.24) is 9.80 Å². The molecule has 39 heavy (non-hydrogen) atoms. The van der Waals surface area contributed by atoms with Gasteiger partial charge < -0.3 is 9.64 Å². The minimum atomic E-state index is -0.100. The summed E-state index contributed by atoms with van der Waals surface area (Å²) in [6.07, 6.45) is 16.6. The minimum Gasteiger partial charge on any atom is -0.484 e. The Bertz CT molecular complexity index is 1060. The number of carbonyl (C=O) groups is 1. The van der Waals surface area contributed by atoms with Gasteiger partial charge in [-0.05, 0) is 70.1 Å². The first-order valence-electron chi connectivity index (χ1n) is 15.3. The normalized spacial score (nSPS) is 23.6. The fourth-order valence-electron chi connectivity index (χ4n) is 6.02. The number of hydrogen-bond donors (Lipinski definition) is 0. The fraction of sp³-hybridized carbons (Fsp3) is 0.588. The Hall–Kier alpha value is -2.66. The van der Waals surface area contributed by atoms with Gasteiger partial charge in [0.05, 0.1) is 5.70 Å². The first-order chi connectivity index (χ1) is 19.0. The lowest BCUT2D eigenvalue weighted by Gasteiger charge is -2.39. The highest BCUT2D eigenvalue weighted by Crippen LogP contribution is 2.25. The van der Waals surface area contributed by atoms with Gasteiger partial charge >= 0.3 is 0 Å². The van der Waals surface area contributed by atoms with Gasteiger partial charge in [0.2, 0.25) is 5.78 Å². The maximum absolute atomic E-state index is 13.9. The van der Waals surface area contributed by atoms with Crippen LogP contribution in [0.3, 0.4) is 0 Å². The largest absolute Gasteiger partial charge is 0.484 e. The predicted molar refractivity (Wildman–Crippen MR) is 161 cm³/mol. The Labute approximate surface area is 236 Å². The molecule has 2 aliphatic heterocycles. The summed E-state index contributed by atoms with van der Waals surface area (Å²) in [6.45, 7) is 11.9. The van der Waals surface area contributed by atoms with E-state index in [1.807, 2.05) is 19.1 Å². The van der Waals surface area contributed by atoms with E-state index in [-0.39, 0.29) is 11.7 Å². The van der Waals surface area contributed by atoms with E-state index in [9.17, 15) is 4.79 Å². The number of allylic oxidation sites excluding steroid dienone is 4. The molecule has 0 spiro atoms. The van der Waals surface area contributed by atoms with Gasteiger partial charge in [0.15, 0.2) is 18.0 Å². The fourth-order valence-corrected chi connectivity index (χ4v) is 6.02. The standard InChI is InChI=1S/C34H50N3O2/c1-5-12-32(37-22-20-36(21-23-37)26-31-25-35(4)28(31)3)34(39-24-19-30-15-10-7-11-16-30)33(38)27(2)17-18-29-13-8-6-9-14-29/h5-6,8-9,12-14,19,25,27-28,31H,7,10-11,15-18,20-24,26H2,1-4H3/q+1/b12-5+,34-32-/t27-,28?,31?/m0/s1. The highest BCUT2D eigenvalue weighted by Gasteiger charge is 2.36. The van der Waals surface area contributed by atoms with Crippen LogP contribution < -0.4 is 0 Å². The molecule has 1 saturated carbocycles. The van der Waals surface area contributed by atoms with Gasteiger partial charge in [-0.2, -0.15) is 0 Å². The smallest absolute Gasteiger partial charge is 0.202 e. The van der Waals surface area contributed by atoms with E-state index >= 15 is 0 Å². The molecule has 1 saturated heterocycles. The number of ether oxygens (including phenoxy) is 1. The Balaban J connectivity index is 1.47. The van der Waals surface area contributed by atoms with E-state index in [4.69, 9.17) is 4.74 Å². The topological polar surface area (TPSA) is 35.8 Å². The number of Topliss-reactive ketones (excluding diaryl/α,β-unsaturated/α-hetero) is 1. The third kappa shape index (κ3) is 8.17. The van der Waals surface area contributed by atoms with Gasteiger partial charge in [0, 0.05) is 38.6 Å². The van der Waals surface area contributed by atoms with Crippen molar-refractivity contribution >= 4 is 12.0 Å². The third-order valence-electron chi connectivity index (χ3n) is 8.90. The van der Waals surface area contributed by atoms with Crippen molar-refractivity contribution in [1.29, 1.82) is 0 Å². The second kappa shape index (κ2) is 14.6. The van der Waals surface area contributed by atoms with Gasteiger partial charge in [-0.1, -0.05) is 55.3 Å². The number of hydrogen-bond acceptors (Lipinski definition) is 4. The summed E-state index contributed by atoms with van der Waals surface area (Å²) in [6, 6.07) is 11.1. The first kappa shape index (κ1) is 29.3. The summed E-state index contributed by atoms with van der Waals surface area (Å²) in [5, 5.41) is 0. The number of nitrogens with zero attached hydrogens (tertiary/aromatic N) is 3. The zero-order chi connectivity index (χ0) is 27.6. The molecule has 0 amide bonds. The molecule has 1 aromatic carbocycles. The summed E-state index contributed by atoms with van der Waals surface area (Å²) < 4.78 is 8.74. The molecule has 1 aliphatic carbocycles. The zero-order valence-electron chi connectivity index (χ0n) is 24.8. The lowest BCUT2D eigenvalue weighted by atomic mass is 9.94. The molecule has 3 atom stereocenters. The van der Waals surface area contributed by atoms with Crippen molar-refractivity contribution in [3.05, 3.63) is 71.2 Å². The number of rotatable bonds is 12. The van der Waals surface area contributed by atoms with Crippen molar-refractivity contribution < 1.29 is 14.1 Å². The summed E-state index contributed by atoms with van der Waals surface area (Å²) in [4.78, 5) is 18.9. The van der Waals surface area contributed by atoms with Crippen LogP contribution in [0.2, 0.25) is 0 Å². The average Bonchev–Trinajstić information content (AvgIpc) is 2.98. The van der Waals surface area contributed by atoms with Crippen LogP contribution in [0.25, 0.3) is 0 Å². The van der Waals surface area contributed by atoms with Crippen molar-refractivity contribution in [3.8, 4) is 0 Å². The Morgan fingerprint density at radius 2 is 1.82 bits per heavy atom. The van der Waals surface area contributed by atoms with Crippen LogP contribution in [0, 0.1) is 11.8 Å². The van der Waals surface area contributed by atoms with E-state index in [0.29, 0.717) is 24.3 Å². The van der Waals surface area contributed by atoms with E-state index in [1.165, 1.54) is 43.2 Å². The molecule has 0 radical (unpaired) electrons. The average molecular weight is 533 g/mol. The number of ketones is 1. The van der Waals surface area contributed by atoms with Crippen molar-refractivity contribution in [2.75, 3.05) is 46.4 Å². The summed E-state index contributed by atoms with van der Waals surface area (Å²) in [5.74, 6) is 1.23. The number of benzene rings is 1. The number of aryl methyl sites for hydroxylation is 1. The highest BCUT2D eigenvalue weighted by molar-refractivity contribution is 5.96. The van der Waals surface area contributed by atoms with Crippen molar-refractivity contribution in [3.63, 3.8) is 0 Å². The molecule has 0 bridgehead atoms. The molecule has 4 rings (SSSR count). The summed E-state index contributed by atoms with van der Waals surface area (Å²) in [7, 11) is 2.16. The van der Waals surface area contributed by atoms with E-state index in [2.05, 4.69) is 77.9 Å². The number of piperazine rings is 1. The van der Waals surface area contributed by atoms with Crippen LogP contribution in [0.1, 0.15) is 64.9 Å². The van der Waals surface area contributed by atoms with Gasteiger partial charge in [-0.3, -0.25) is 9.69 Å². The van der Waals surface area contributed by atoms with Crippen LogP contribution >= 0.6 is 0 Å². The van der Waals surface area contributed by atoms with Crippen molar-refractivity contribution in [2.45, 2.75) is 71.8 Å². The van der Waals surface area contributed by atoms with E-state index in [0.717, 1.165) is 51.3 Å². The number of carbonyl (C=O) groups excluding carboxylic acids is 1. The molecule has 0 aromatic heterocycles. The molecular formula is C34H50N3O2+. The quantitative estimate of drug-likeness (QED) is 0.111. The van der Waals surface area contributed by atoms with Gasteiger partial charge in [0.25, 0.3) is 0 Å². The van der Waals surface area contributed by atoms with Crippen molar-refractivity contribution in [2.24, 2.45) is 11.8 Å². The van der Waals surface area contributed by atoms with Gasteiger partial charge in [-0.25, -0.2) is 4.58 Å². The maximum atomic E-state index is 13.9. The van der Waals surface area contributed by atoms with Crippen LogP contribution in [0.4, 0.5) is 0 Å². The molecule has 2 unspecified atom stereocenters. The van der Waals surface area contributed by atoms with Crippen LogP contribution in [0.15, 0.2) is 65.6 Å². The molecular weight excluding hydrogens is 482 g/mol. The van der Waals surface area contributed by atoms with Crippen LogP contribution in [-0.4, -0.2) is 78.8 Å². The van der Waals surface area contributed by atoms with Crippen LogP contribution in [-0.2, 0) is 16.0 Å². The zero-order valence-corrected chi connectivity index (χ0v) is 24.8. The lowest BCUT2D eigenvalue weighted by molar-refractivity contribution is -0.567. The van der Waals surface area contributed by atoms with E-state index in [1.54, 1.807) is 0 Å². The lowest BCUT2D eigenvalue weighted by Crippen LogP contribution is -2.53. The molecule has 5 heteroatoms. The third-order valence-corrected chi connectivity index (χ3v) is 8.90.